The molecule has 7 heteroatoms. The Morgan fingerprint density at radius 3 is 2.48 bits per heavy atom. The monoisotopic (exact) mass is 397 g/mol. The summed E-state index contributed by atoms with van der Waals surface area (Å²) in [5, 5.41) is 11.0. The average molecular weight is 397 g/mol. The van der Waals surface area contributed by atoms with Crippen molar-refractivity contribution in [2.75, 3.05) is 19.8 Å². The van der Waals surface area contributed by atoms with Gasteiger partial charge in [0.2, 0.25) is 0 Å². The van der Waals surface area contributed by atoms with Gasteiger partial charge >= 0.3 is 0 Å². The standard InChI is InChI=1S/C22H20FNO5/c1-2-9-24-19(13-3-6-15(23)7-4-13)18(21(26)22(24)27)20(25)14-5-8-16-17(12-14)29-11-10-28-16/h3-8,12,19,25H,2,9-11H2,1H3/b20-18-. The molecule has 2 aromatic rings. The molecule has 0 radical (unpaired) electrons. The van der Waals surface area contributed by atoms with E-state index in [0.717, 1.165) is 0 Å². The topological polar surface area (TPSA) is 76.1 Å². The van der Waals surface area contributed by atoms with Gasteiger partial charge in [0.05, 0.1) is 11.6 Å². The Hall–Kier alpha value is -3.35. The van der Waals surface area contributed by atoms with Gasteiger partial charge in [0.15, 0.2) is 11.5 Å². The van der Waals surface area contributed by atoms with Crippen molar-refractivity contribution in [2.45, 2.75) is 19.4 Å². The molecule has 150 valence electrons. The second-order valence-corrected chi connectivity index (χ2v) is 6.90. The fraction of sp³-hybridized carbons (Fsp3) is 0.273. The lowest BCUT2D eigenvalue weighted by atomic mass is 9.95. The van der Waals surface area contributed by atoms with Crippen LogP contribution in [0.25, 0.3) is 5.76 Å². The molecule has 1 amide bonds. The van der Waals surface area contributed by atoms with E-state index in [1.807, 2.05) is 6.92 Å². The molecule has 6 nitrogen and oxygen atoms in total. The maximum atomic E-state index is 13.4. The summed E-state index contributed by atoms with van der Waals surface area (Å²) in [7, 11) is 0. The van der Waals surface area contributed by atoms with E-state index in [-0.39, 0.29) is 11.3 Å². The molecule has 4 rings (SSSR count). The summed E-state index contributed by atoms with van der Waals surface area (Å²) in [6, 6.07) is 9.63. The highest BCUT2D eigenvalue weighted by Gasteiger charge is 2.45. The number of ether oxygens (including phenoxy) is 2. The average Bonchev–Trinajstić information content (AvgIpc) is 2.99. The molecule has 0 spiro atoms. The predicted octanol–water partition coefficient (Wildman–Crippen LogP) is 3.43. The van der Waals surface area contributed by atoms with Gasteiger partial charge in [0, 0.05) is 12.1 Å². The third-order valence-electron chi connectivity index (χ3n) is 5.01. The third kappa shape index (κ3) is 3.33. The molecule has 2 aromatic carbocycles. The fourth-order valence-corrected chi connectivity index (χ4v) is 3.69. The molecule has 29 heavy (non-hydrogen) atoms. The zero-order chi connectivity index (χ0) is 20.5. The largest absolute Gasteiger partial charge is 0.507 e. The second kappa shape index (κ2) is 7.58. The number of carbonyl (C=O) groups excluding carboxylic acids is 2. The zero-order valence-electron chi connectivity index (χ0n) is 15.9. The van der Waals surface area contributed by atoms with Crippen molar-refractivity contribution in [3.8, 4) is 11.5 Å². The number of aliphatic hydroxyl groups is 1. The molecular formula is C22H20FNO5. The Labute approximate surface area is 167 Å². The first-order chi connectivity index (χ1) is 14.0. The Morgan fingerprint density at radius 1 is 1.10 bits per heavy atom. The van der Waals surface area contributed by atoms with Crippen molar-refractivity contribution in [3.63, 3.8) is 0 Å². The summed E-state index contributed by atoms with van der Waals surface area (Å²) in [4.78, 5) is 26.9. The van der Waals surface area contributed by atoms with Crippen LogP contribution < -0.4 is 9.47 Å². The van der Waals surface area contributed by atoms with E-state index in [1.165, 1.54) is 29.2 Å². The van der Waals surface area contributed by atoms with Crippen LogP contribution in [-0.4, -0.2) is 41.5 Å². The molecule has 1 fully saturated rings. The third-order valence-corrected chi connectivity index (χ3v) is 5.01. The van der Waals surface area contributed by atoms with E-state index in [0.29, 0.717) is 48.8 Å². The number of benzene rings is 2. The minimum Gasteiger partial charge on any atom is -0.507 e. The lowest BCUT2D eigenvalue weighted by Gasteiger charge is -2.25. The van der Waals surface area contributed by atoms with Crippen molar-refractivity contribution in [3.05, 3.63) is 65.0 Å². The van der Waals surface area contributed by atoms with Crippen LogP contribution in [0.1, 0.15) is 30.5 Å². The number of halogens is 1. The summed E-state index contributed by atoms with van der Waals surface area (Å²) in [6.45, 7) is 3.05. The maximum Gasteiger partial charge on any atom is 0.295 e. The molecule has 1 unspecified atom stereocenters. The molecule has 0 bridgehead atoms. The number of hydrogen-bond donors (Lipinski definition) is 1. The summed E-state index contributed by atoms with van der Waals surface area (Å²) >= 11 is 0. The number of hydrogen-bond acceptors (Lipinski definition) is 5. The SMILES string of the molecule is CCCN1C(=O)C(=O)/C(=C(\O)c2ccc3c(c2)OCCO3)C1c1ccc(F)cc1. The lowest BCUT2D eigenvalue weighted by molar-refractivity contribution is -0.139. The summed E-state index contributed by atoms with van der Waals surface area (Å²) in [6.07, 6.45) is 0.634. The van der Waals surface area contributed by atoms with Crippen LogP contribution in [0.5, 0.6) is 11.5 Å². The van der Waals surface area contributed by atoms with Gasteiger partial charge in [-0.3, -0.25) is 9.59 Å². The Bertz CT molecular complexity index is 999. The van der Waals surface area contributed by atoms with Gasteiger partial charge in [-0.2, -0.15) is 0 Å². The number of carbonyl (C=O) groups is 2. The normalized spacial score (nSPS) is 20.2. The van der Waals surface area contributed by atoms with Crippen LogP contribution in [0.4, 0.5) is 4.39 Å². The molecule has 1 saturated heterocycles. The van der Waals surface area contributed by atoms with Crippen molar-refractivity contribution >= 4 is 17.4 Å². The van der Waals surface area contributed by atoms with Gasteiger partial charge in [-0.15, -0.1) is 0 Å². The summed E-state index contributed by atoms with van der Waals surface area (Å²) < 4.78 is 24.5. The van der Waals surface area contributed by atoms with Gasteiger partial charge < -0.3 is 19.5 Å². The first kappa shape index (κ1) is 19.0. The molecule has 1 atom stereocenters. The molecule has 1 N–H and O–H groups in total. The summed E-state index contributed by atoms with van der Waals surface area (Å²) in [5.74, 6) is -1.16. The molecule has 2 heterocycles. The first-order valence-electron chi connectivity index (χ1n) is 9.45. The van der Waals surface area contributed by atoms with Gasteiger partial charge in [-0.25, -0.2) is 4.39 Å². The first-order valence-corrected chi connectivity index (χ1v) is 9.45. The zero-order valence-corrected chi connectivity index (χ0v) is 15.9. The van der Waals surface area contributed by atoms with E-state index in [4.69, 9.17) is 9.47 Å². The quantitative estimate of drug-likeness (QED) is 0.486. The van der Waals surface area contributed by atoms with Crippen LogP contribution in [0.15, 0.2) is 48.0 Å². The molecule has 2 aliphatic heterocycles. The number of rotatable bonds is 4. The number of likely N-dealkylation sites (tertiary alicyclic amines) is 1. The van der Waals surface area contributed by atoms with Gasteiger partial charge in [0.1, 0.15) is 24.8 Å². The van der Waals surface area contributed by atoms with Gasteiger partial charge in [0.25, 0.3) is 11.7 Å². The minimum absolute atomic E-state index is 0.0215. The van der Waals surface area contributed by atoms with E-state index in [9.17, 15) is 19.1 Å². The smallest absolute Gasteiger partial charge is 0.295 e. The van der Waals surface area contributed by atoms with Crippen LogP contribution >= 0.6 is 0 Å². The Morgan fingerprint density at radius 2 is 1.79 bits per heavy atom. The van der Waals surface area contributed by atoms with E-state index in [2.05, 4.69) is 0 Å². The summed E-state index contributed by atoms with van der Waals surface area (Å²) in [5.41, 5.74) is 0.876. The van der Waals surface area contributed by atoms with Crippen molar-refractivity contribution < 1.29 is 28.6 Å². The number of fused-ring (bicyclic) bond motifs is 1. The van der Waals surface area contributed by atoms with E-state index in [1.54, 1.807) is 18.2 Å². The molecule has 0 aromatic heterocycles. The molecular weight excluding hydrogens is 377 g/mol. The highest BCUT2D eigenvalue weighted by Crippen LogP contribution is 2.41. The van der Waals surface area contributed by atoms with Crippen molar-refractivity contribution in [1.29, 1.82) is 0 Å². The molecule has 2 aliphatic rings. The van der Waals surface area contributed by atoms with Crippen molar-refractivity contribution in [1.82, 2.24) is 4.90 Å². The number of aliphatic hydroxyl groups excluding tert-OH is 1. The van der Waals surface area contributed by atoms with Crippen LogP contribution in [-0.2, 0) is 9.59 Å². The number of nitrogens with zero attached hydrogens (tertiary/aromatic N) is 1. The Kier molecular flexibility index (Phi) is 4.96. The number of ketones is 1. The predicted molar refractivity (Wildman–Crippen MR) is 103 cm³/mol. The van der Waals surface area contributed by atoms with Crippen LogP contribution in [0.3, 0.4) is 0 Å². The lowest BCUT2D eigenvalue weighted by Crippen LogP contribution is -2.30. The van der Waals surface area contributed by atoms with E-state index < -0.39 is 23.5 Å². The van der Waals surface area contributed by atoms with Crippen LogP contribution in [0, 0.1) is 5.82 Å². The fourth-order valence-electron chi connectivity index (χ4n) is 3.69. The van der Waals surface area contributed by atoms with Crippen LogP contribution in [0.2, 0.25) is 0 Å². The molecule has 0 aliphatic carbocycles. The van der Waals surface area contributed by atoms with Crippen molar-refractivity contribution in [2.24, 2.45) is 0 Å². The second-order valence-electron chi connectivity index (χ2n) is 6.90. The maximum absolute atomic E-state index is 13.4. The van der Waals surface area contributed by atoms with Gasteiger partial charge in [-0.05, 0) is 42.3 Å². The number of Topliss-reactive ketones (excluding diaryl/α,β-unsaturated/α-hetero) is 1. The minimum atomic E-state index is -0.788. The highest BCUT2D eigenvalue weighted by molar-refractivity contribution is 6.46. The number of amides is 1. The molecule has 0 saturated carbocycles. The Balaban J connectivity index is 1.84. The van der Waals surface area contributed by atoms with Gasteiger partial charge in [-0.1, -0.05) is 19.1 Å². The highest BCUT2D eigenvalue weighted by atomic mass is 19.1. The van der Waals surface area contributed by atoms with E-state index >= 15 is 0 Å².